The number of carbonyl (C=O) groups is 1. The Kier molecular flexibility index (Phi) is 6.65. The van der Waals surface area contributed by atoms with E-state index in [4.69, 9.17) is 14.2 Å². The molecule has 2 aromatic carbocycles. The minimum Gasteiger partial charge on any atom is -0.493 e. The maximum atomic E-state index is 12.2. The molecule has 0 bridgehead atoms. The van der Waals surface area contributed by atoms with Gasteiger partial charge in [-0.2, -0.15) is 0 Å². The number of hydrogen-bond donors (Lipinski definition) is 2. The van der Waals surface area contributed by atoms with Crippen molar-refractivity contribution >= 4 is 11.7 Å². The third-order valence-corrected chi connectivity index (χ3v) is 3.75. The molecule has 6 nitrogen and oxygen atoms in total. The van der Waals surface area contributed by atoms with Crippen LogP contribution in [0.4, 0.5) is 10.5 Å². The summed E-state index contributed by atoms with van der Waals surface area (Å²) in [6.45, 7) is 2.40. The lowest BCUT2D eigenvalue weighted by Gasteiger charge is -2.17. The average Bonchev–Trinajstić information content (AvgIpc) is 2.61. The predicted molar refractivity (Wildman–Crippen MR) is 97.3 cm³/mol. The summed E-state index contributed by atoms with van der Waals surface area (Å²) in [5, 5.41) is 5.74. The van der Waals surface area contributed by atoms with Crippen molar-refractivity contribution in [2.45, 2.75) is 19.6 Å². The van der Waals surface area contributed by atoms with Crippen molar-refractivity contribution in [1.82, 2.24) is 5.32 Å². The first-order valence-corrected chi connectivity index (χ1v) is 7.94. The Morgan fingerprint density at radius 1 is 1.04 bits per heavy atom. The second-order valence-corrected chi connectivity index (χ2v) is 5.57. The number of nitrogens with one attached hydrogen (secondary N) is 2. The van der Waals surface area contributed by atoms with Crippen LogP contribution < -0.4 is 20.1 Å². The summed E-state index contributed by atoms with van der Waals surface area (Å²) in [6, 6.07) is 12.6. The van der Waals surface area contributed by atoms with E-state index in [1.807, 2.05) is 49.4 Å². The number of anilines is 1. The van der Waals surface area contributed by atoms with Crippen molar-refractivity contribution in [3.05, 3.63) is 53.6 Å². The van der Waals surface area contributed by atoms with Crippen LogP contribution in [0.1, 0.15) is 24.1 Å². The van der Waals surface area contributed by atoms with Gasteiger partial charge in [0.25, 0.3) is 0 Å². The van der Waals surface area contributed by atoms with E-state index in [0.717, 1.165) is 11.1 Å². The highest BCUT2D eigenvalue weighted by Crippen LogP contribution is 2.29. The zero-order chi connectivity index (χ0) is 18.2. The van der Waals surface area contributed by atoms with Crippen LogP contribution in [0, 0.1) is 0 Å². The molecule has 0 aliphatic heterocycles. The molecule has 2 rings (SSSR count). The van der Waals surface area contributed by atoms with E-state index in [1.165, 1.54) is 0 Å². The van der Waals surface area contributed by atoms with Gasteiger partial charge in [0.05, 0.1) is 26.9 Å². The number of urea groups is 1. The Morgan fingerprint density at radius 3 is 2.48 bits per heavy atom. The van der Waals surface area contributed by atoms with Crippen LogP contribution in [-0.4, -0.2) is 27.4 Å². The fraction of sp³-hybridized carbons (Fsp3) is 0.316. The first-order chi connectivity index (χ1) is 12.1. The van der Waals surface area contributed by atoms with Gasteiger partial charge in [0, 0.05) is 12.8 Å². The summed E-state index contributed by atoms with van der Waals surface area (Å²) in [6.07, 6.45) is 0. The fourth-order valence-electron chi connectivity index (χ4n) is 2.47. The van der Waals surface area contributed by atoms with Gasteiger partial charge in [0.15, 0.2) is 11.5 Å². The van der Waals surface area contributed by atoms with Crippen LogP contribution in [0.2, 0.25) is 0 Å². The average molecular weight is 344 g/mol. The van der Waals surface area contributed by atoms with E-state index in [9.17, 15) is 4.79 Å². The van der Waals surface area contributed by atoms with E-state index in [0.29, 0.717) is 23.8 Å². The third kappa shape index (κ3) is 5.12. The quantitative estimate of drug-likeness (QED) is 0.803. The van der Waals surface area contributed by atoms with Gasteiger partial charge in [0.1, 0.15) is 0 Å². The van der Waals surface area contributed by atoms with Gasteiger partial charge in [-0.3, -0.25) is 0 Å². The molecule has 0 aliphatic rings. The van der Waals surface area contributed by atoms with Gasteiger partial charge in [-0.25, -0.2) is 4.79 Å². The molecule has 1 atom stereocenters. The molecule has 0 fully saturated rings. The highest BCUT2D eigenvalue weighted by atomic mass is 16.5. The van der Waals surface area contributed by atoms with E-state index in [1.54, 1.807) is 21.3 Å². The summed E-state index contributed by atoms with van der Waals surface area (Å²) in [5.41, 5.74) is 2.63. The first-order valence-electron chi connectivity index (χ1n) is 7.94. The number of amides is 2. The molecule has 0 spiro atoms. The molecule has 1 unspecified atom stereocenters. The van der Waals surface area contributed by atoms with Crippen molar-refractivity contribution in [3.8, 4) is 11.5 Å². The number of ether oxygens (including phenoxy) is 3. The van der Waals surface area contributed by atoms with Crippen LogP contribution >= 0.6 is 0 Å². The molecule has 2 aromatic rings. The smallest absolute Gasteiger partial charge is 0.319 e. The highest BCUT2D eigenvalue weighted by molar-refractivity contribution is 5.89. The minimum atomic E-state index is -0.281. The SMILES string of the molecule is COCc1cccc(NC(=O)NC(C)c2ccc(OC)c(OC)c2)c1. The van der Waals surface area contributed by atoms with E-state index in [-0.39, 0.29) is 12.1 Å². The highest BCUT2D eigenvalue weighted by Gasteiger charge is 2.13. The lowest BCUT2D eigenvalue weighted by molar-refractivity contribution is 0.185. The summed E-state index contributed by atoms with van der Waals surface area (Å²) in [7, 11) is 4.81. The molecule has 0 radical (unpaired) electrons. The molecule has 134 valence electrons. The molecule has 2 N–H and O–H groups in total. The van der Waals surface area contributed by atoms with Crippen molar-refractivity contribution in [2.24, 2.45) is 0 Å². The number of benzene rings is 2. The Bertz CT molecular complexity index is 718. The Hall–Kier alpha value is -2.73. The number of hydrogen-bond acceptors (Lipinski definition) is 4. The second-order valence-electron chi connectivity index (χ2n) is 5.57. The molecule has 0 saturated carbocycles. The lowest BCUT2D eigenvalue weighted by atomic mass is 10.1. The Balaban J connectivity index is 2.01. The van der Waals surface area contributed by atoms with Crippen LogP contribution in [0.3, 0.4) is 0 Å². The third-order valence-electron chi connectivity index (χ3n) is 3.75. The minimum absolute atomic E-state index is 0.193. The normalized spacial score (nSPS) is 11.5. The van der Waals surface area contributed by atoms with Crippen LogP contribution in [-0.2, 0) is 11.3 Å². The maximum Gasteiger partial charge on any atom is 0.319 e. The van der Waals surface area contributed by atoms with Crippen molar-refractivity contribution < 1.29 is 19.0 Å². The Morgan fingerprint density at radius 2 is 1.80 bits per heavy atom. The summed E-state index contributed by atoms with van der Waals surface area (Å²) < 4.78 is 15.6. The Labute approximate surface area is 148 Å². The number of carbonyl (C=O) groups excluding carboxylic acids is 1. The first kappa shape index (κ1) is 18.6. The summed E-state index contributed by atoms with van der Waals surface area (Å²) in [5.74, 6) is 1.28. The van der Waals surface area contributed by atoms with Crippen molar-refractivity contribution in [1.29, 1.82) is 0 Å². The lowest BCUT2D eigenvalue weighted by Crippen LogP contribution is -2.31. The van der Waals surface area contributed by atoms with Gasteiger partial charge in [-0.1, -0.05) is 18.2 Å². The van der Waals surface area contributed by atoms with Crippen molar-refractivity contribution in [2.75, 3.05) is 26.6 Å². The summed E-state index contributed by atoms with van der Waals surface area (Å²) in [4.78, 5) is 12.2. The molecular weight excluding hydrogens is 320 g/mol. The van der Waals surface area contributed by atoms with Gasteiger partial charge < -0.3 is 24.8 Å². The predicted octanol–water partition coefficient (Wildman–Crippen LogP) is 3.73. The van der Waals surface area contributed by atoms with Crippen LogP contribution in [0.5, 0.6) is 11.5 Å². The second kappa shape index (κ2) is 8.94. The number of rotatable bonds is 7. The molecule has 0 aromatic heterocycles. The van der Waals surface area contributed by atoms with Crippen LogP contribution in [0.25, 0.3) is 0 Å². The maximum absolute atomic E-state index is 12.2. The van der Waals surface area contributed by atoms with Crippen LogP contribution in [0.15, 0.2) is 42.5 Å². The molecule has 25 heavy (non-hydrogen) atoms. The summed E-state index contributed by atoms with van der Waals surface area (Å²) >= 11 is 0. The molecule has 0 saturated heterocycles. The van der Waals surface area contributed by atoms with Gasteiger partial charge in [-0.05, 0) is 42.3 Å². The molecule has 0 heterocycles. The van der Waals surface area contributed by atoms with E-state index in [2.05, 4.69) is 10.6 Å². The van der Waals surface area contributed by atoms with E-state index >= 15 is 0 Å². The van der Waals surface area contributed by atoms with Crippen molar-refractivity contribution in [3.63, 3.8) is 0 Å². The number of methoxy groups -OCH3 is 3. The largest absolute Gasteiger partial charge is 0.493 e. The van der Waals surface area contributed by atoms with Gasteiger partial charge in [-0.15, -0.1) is 0 Å². The molecular formula is C19H24N2O4. The zero-order valence-electron chi connectivity index (χ0n) is 15.0. The zero-order valence-corrected chi connectivity index (χ0v) is 15.0. The topological polar surface area (TPSA) is 68.8 Å². The molecule has 0 aliphatic carbocycles. The monoisotopic (exact) mass is 344 g/mol. The van der Waals surface area contributed by atoms with Gasteiger partial charge >= 0.3 is 6.03 Å². The van der Waals surface area contributed by atoms with E-state index < -0.39 is 0 Å². The van der Waals surface area contributed by atoms with Gasteiger partial charge in [0.2, 0.25) is 0 Å². The molecule has 6 heteroatoms. The molecule has 2 amide bonds. The fourth-order valence-corrected chi connectivity index (χ4v) is 2.47. The standard InChI is InChI=1S/C19H24N2O4/c1-13(15-8-9-17(24-3)18(11-15)25-4)20-19(22)21-16-7-5-6-14(10-16)12-23-2/h5-11,13H,12H2,1-4H3,(H2,20,21,22).